The number of hydrogen-bond acceptors (Lipinski definition) is 3. The Hall–Kier alpha value is -1.89. The van der Waals surface area contributed by atoms with Crippen molar-refractivity contribution >= 4 is 33.5 Å². The summed E-state index contributed by atoms with van der Waals surface area (Å²) in [4.78, 5) is 25.6. The number of aromatic carboxylic acids is 1. The maximum atomic E-state index is 11.0. The van der Waals surface area contributed by atoms with Gasteiger partial charge in [-0.05, 0) is 12.1 Å². The van der Waals surface area contributed by atoms with Gasteiger partial charge in [-0.2, -0.15) is 0 Å². The number of fused-ring (bicyclic) bond motifs is 1. The topological polar surface area (TPSA) is 91.9 Å². The van der Waals surface area contributed by atoms with E-state index < -0.39 is 11.9 Å². The quantitative estimate of drug-likeness (QED) is 0.894. The van der Waals surface area contributed by atoms with Gasteiger partial charge >= 0.3 is 11.9 Å². The van der Waals surface area contributed by atoms with Crippen LogP contribution >= 0.6 is 15.9 Å². The van der Waals surface area contributed by atoms with Gasteiger partial charge in [-0.15, -0.1) is 0 Å². The second-order valence-electron chi connectivity index (χ2n) is 3.36. The number of nitrogens with zero attached hydrogens (tertiary/aromatic N) is 2. The van der Waals surface area contributed by atoms with Crippen LogP contribution in [0.2, 0.25) is 0 Å². The molecule has 0 aliphatic carbocycles. The average Bonchev–Trinajstić information content (AvgIpc) is 2.55. The first-order valence-electron chi connectivity index (χ1n) is 4.60. The lowest BCUT2D eigenvalue weighted by molar-refractivity contribution is -0.136. The van der Waals surface area contributed by atoms with Crippen LogP contribution in [0.5, 0.6) is 0 Å². The lowest BCUT2D eigenvalue weighted by Crippen LogP contribution is -2.09. The maximum absolute atomic E-state index is 11.0. The largest absolute Gasteiger partial charge is 0.481 e. The predicted molar refractivity (Wildman–Crippen MR) is 61.2 cm³/mol. The fourth-order valence-corrected chi connectivity index (χ4v) is 1.88. The fourth-order valence-electron chi connectivity index (χ4n) is 1.55. The van der Waals surface area contributed by atoms with Gasteiger partial charge in [-0.1, -0.05) is 15.9 Å². The zero-order valence-electron chi connectivity index (χ0n) is 8.42. The highest BCUT2D eigenvalue weighted by Crippen LogP contribution is 2.18. The molecule has 0 aliphatic rings. The van der Waals surface area contributed by atoms with E-state index >= 15 is 0 Å². The molecular formula is C10H7BrN2O4. The molecule has 0 aromatic carbocycles. The molecule has 0 spiro atoms. The lowest BCUT2D eigenvalue weighted by atomic mass is 10.2. The van der Waals surface area contributed by atoms with E-state index in [1.54, 1.807) is 18.3 Å². The molecule has 2 N–H and O–H groups in total. The number of rotatable bonds is 3. The van der Waals surface area contributed by atoms with Crippen LogP contribution in [0.15, 0.2) is 22.8 Å². The van der Waals surface area contributed by atoms with Crippen LogP contribution in [0.4, 0.5) is 0 Å². The minimum Gasteiger partial charge on any atom is -0.481 e. The first-order chi connectivity index (χ1) is 7.99. The smallest absolute Gasteiger partial charge is 0.356 e. The standard InChI is InChI=1S/C10H7BrN2O4/c11-5-1-2-13-6(4-8(14)15)9(10(16)17)12-7(13)3-5/h1-3H,4H2,(H,14,15)(H,16,17). The molecule has 0 saturated carbocycles. The highest BCUT2D eigenvalue weighted by Gasteiger charge is 2.20. The van der Waals surface area contributed by atoms with Gasteiger partial charge in [0.05, 0.1) is 12.1 Å². The van der Waals surface area contributed by atoms with Crippen molar-refractivity contribution in [2.24, 2.45) is 0 Å². The number of pyridine rings is 1. The second kappa shape index (κ2) is 4.17. The number of halogens is 1. The van der Waals surface area contributed by atoms with Crippen molar-refractivity contribution in [1.82, 2.24) is 9.38 Å². The fraction of sp³-hybridized carbons (Fsp3) is 0.100. The number of carbonyl (C=O) groups is 2. The summed E-state index contributed by atoms with van der Waals surface area (Å²) in [6.45, 7) is 0. The Morgan fingerprint density at radius 1 is 1.41 bits per heavy atom. The summed E-state index contributed by atoms with van der Waals surface area (Å²) >= 11 is 3.24. The lowest BCUT2D eigenvalue weighted by Gasteiger charge is -1.99. The van der Waals surface area contributed by atoms with Crippen LogP contribution in [-0.2, 0) is 11.2 Å². The summed E-state index contributed by atoms with van der Waals surface area (Å²) in [6.07, 6.45) is 1.20. The van der Waals surface area contributed by atoms with E-state index in [0.29, 0.717) is 5.65 Å². The molecule has 2 aromatic heterocycles. The van der Waals surface area contributed by atoms with E-state index in [-0.39, 0.29) is 17.8 Å². The molecule has 2 aromatic rings. The maximum Gasteiger partial charge on any atom is 0.356 e. The van der Waals surface area contributed by atoms with Crippen molar-refractivity contribution < 1.29 is 19.8 Å². The molecule has 0 saturated heterocycles. The zero-order valence-corrected chi connectivity index (χ0v) is 10.0. The normalized spacial score (nSPS) is 10.6. The molecule has 2 rings (SSSR count). The SMILES string of the molecule is O=C(O)Cc1c(C(=O)O)nc2cc(Br)ccn12. The van der Waals surface area contributed by atoms with Crippen LogP contribution in [0, 0.1) is 0 Å². The summed E-state index contributed by atoms with van der Waals surface area (Å²) in [5.74, 6) is -2.33. The summed E-state index contributed by atoms with van der Waals surface area (Å²) < 4.78 is 2.20. The van der Waals surface area contributed by atoms with E-state index in [9.17, 15) is 9.59 Å². The number of aromatic nitrogens is 2. The molecule has 88 valence electrons. The third-order valence-corrected chi connectivity index (χ3v) is 2.70. The molecule has 7 heteroatoms. The summed E-state index contributed by atoms with van der Waals surface area (Å²) in [5.41, 5.74) is 0.325. The van der Waals surface area contributed by atoms with E-state index in [2.05, 4.69) is 20.9 Å². The Morgan fingerprint density at radius 3 is 2.71 bits per heavy atom. The van der Waals surface area contributed by atoms with Crippen molar-refractivity contribution in [3.8, 4) is 0 Å². The van der Waals surface area contributed by atoms with Gasteiger partial charge in [0.25, 0.3) is 0 Å². The van der Waals surface area contributed by atoms with Crippen LogP contribution in [0.3, 0.4) is 0 Å². The second-order valence-corrected chi connectivity index (χ2v) is 4.27. The minimum absolute atomic E-state index is 0.160. The summed E-state index contributed by atoms with van der Waals surface area (Å²) in [7, 11) is 0. The first-order valence-corrected chi connectivity index (χ1v) is 5.40. The third kappa shape index (κ3) is 2.14. The molecule has 0 atom stereocenters. The van der Waals surface area contributed by atoms with Gasteiger partial charge in [0, 0.05) is 10.7 Å². The van der Waals surface area contributed by atoms with Gasteiger partial charge in [0.2, 0.25) is 0 Å². The van der Waals surface area contributed by atoms with Gasteiger partial charge in [0.15, 0.2) is 5.69 Å². The van der Waals surface area contributed by atoms with Crippen molar-refractivity contribution in [2.45, 2.75) is 6.42 Å². The number of hydrogen-bond donors (Lipinski definition) is 2. The van der Waals surface area contributed by atoms with Gasteiger partial charge in [-0.3, -0.25) is 4.79 Å². The minimum atomic E-state index is -1.24. The molecule has 17 heavy (non-hydrogen) atoms. The van der Waals surface area contributed by atoms with Crippen LogP contribution in [-0.4, -0.2) is 31.5 Å². The van der Waals surface area contributed by atoms with Crippen LogP contribution < -0.4 is 0 Å². The average molecular weight is 299 g/mol. The highest BCUT2D eigenvalue weighted by molar-refractivity contribution is 9.10. The Balaban J connectivity index is 2.71. The van der Waals surface area contributed by atoms with Crippen LogP contribution in [0.25, 0.3) is 5.65 Å². The molecule has 0 amide bonds. The van der Waals surface area contributed by atoms with Crippen LogP contribution in [0.1, 0.15) is 16.2 Å². The van der Waals surface area contributed by atoms with Gasteiger partial charge < -0.3 is 14.6 Å². The molecular weight excluding hydrogens is 292 g/mol. The molecule has 2 heterocycles. The Bertz CT molecular complexity index is 620. The Morgan fingerprint density at radius 2 is 2.12 bits per heavy atom. The highest BCUT2D eigenvalue weighted by atomic mass is 79.9. The number of aliphatic carboxylic acids is 1. The van der Waals surface area contributed by atoms with E-state index in [4.69, 9.17) is 10.2 Å². The van der Waals surface area contributed by atoms with Crippen molar-refractivity contribution in [3.05, 3.63) is 34.2 Å². The monoisotopic (exact) mass is 298 g/mol. The van der Waals surface area contributed by atoms with Crippen molar-refractivity contribution in [3.63, 3.8) is 0 Å². The summed E-state index contributed by atoms with van der Waals surface area (Å²) in [5, 5.41) is 17.7. The van der Waals surface area contributed by atoms with Gasteiger partial charge in [-0.25, -0.2) is 9.78 Å². The third-order valence-electron chi connectivity index (χ3n) is 2.21. The van der Waals surface area contributed by atoms with Crippen molar-refractivity contribution in [2.75, 3.05) is 0 Å². The van der Waals surface area contributed by atoms with E-state index in [1.807, 2.05) is 0 Å². The summed E-state index contributed by atoms with van der Waals surface area (Å²) in [6, 6.07) is 3.31. The van der Waals surface area contributed by atoms with Crippen molar-refractivity contribution in [1.29, 1.82) is 0 Å². The Kier molecular flexibility index (Phi) is 2.84. The first kappa shape index (κ1) is 11.6. The van der Waals surface area contributed by atoms with E-state index in [1.165, 1.54) is 4.40 Å². The molecule has 0 radical (unpaired) electrons. The van der Waals surface area contributed by atoms with E-state index in [0.717, 1.165) is 4.47 Å². The number of imidazole rings is 1. The molecule has 0 bridgehead atoms. The van der Waals surface area contributed by atoms with Gasteiger partial charge in [0.1, 0.15) is 5.65 Å². The molecule has 0 fully saturated rings. The number of carboxylic acids is 2. The number of carboxylic acid groups (broad SMARTS) is 2. The zero-order chi connectivity index (χ0) is 12.6. The predicted octanol–water partition coefficient (Wildman–Crippen LogP) is 1.42. The molecule has 6 nitrogen and oxygen atoms in total. The molecule has 0 unspecified atom stereocenters. The molecule has 0 aliphatic heterocycles. The Labute approximate surface area is 104 Å².